The SMILES string of the molecule is CC(=O)Nc1nc(-c2ccc(CNNC(=S)Nc3ccccc3C)cc2)nn1-c1ccc(OC(F)(F)F)cc1. The molecule has 0 saturated heterocycles. The van der Waals surface area contributed by atoms with E-state index in [9.17, 15) is 18.0 Å². The smallest absolute Gasteiger partial charge is 0.406 e. The average molecular weight is 556 g/mol. The number of alkyl halides is 3. The second-order valence-corrected chi connectivity index (χ2v) is 8.75. The number of hydrogen-bond acceptors (Lipinski definition) is 6. The molecule has 4 rings (SSSR count). The summed E-state index contributed by atoms with van der Waals surface area (Å²) in [5.41, 5.74) is 10.00. The maximum atomic E-state index is 12.5. The van der Waals surface area contributed by atoms with E-state index in [1.807, 2.05) is 55.5 Å². The first kappa shape index (κ1) is 27.5. The van der Waals surface area contributed by atoms with Crippen molar-refractivity contribution in [2.24, 2.45) is 0 Å². The zero-order valence-electron chi connectivity index (χ0n) is 20.8. The number of carbonyl (C=O) groups excluding carboxylic acids is 1. The molecular weight excluding hydrogens is 531 g/mol. The molecule has 3 aromatic carbocycles. The zero-order valence-corrected chi connectivity index (χ0v) is 21.7. The van der Waals surface area contributed by atoms with Crippen molar-refractivity contribution in [3.63, 3.8) is 0 Å². The van der Waals surface area contributed by atoms with E-state index < -0.39 is 6.36 Å². The van der Waals surface area contributed by atoms with Gasteiger partial charge in [-0.05, 0) is 60.6 Å². The number of nitrogens with one attached hydrogen (secondary N) is 4. The Kier molecular flexibility index (Phi) is 8.42. The lowest BCUT2D eigenvalue weighted by Crippen LogP contribution is -2.39. The minimum Gasteiger partial charge on any atom is -0.406 e. The monoisotopic (exact) mass is 555 g/mol. The first-order chi connectivity index (χ1) is 18.6. The normalized spacial score (nSPS) is 11.1. The van der Waals surface area contributed by atoms with E-state index in [1.54, 1.807) is 0 Å². The maximum Gasteiger partial charge on any atom is 0.573 e. The van der Waals surface area contributed by atoms with Crippen LogP contribution in [-0.4, -0.2) is 32.1 Å². The van der Waals surface area contributed by atoms with E-state index >= 15 is 0 Å². The van der Waals surface area contributed by atoms with Gasteiger partial charge >= 0.3 is 6.36 Å². The lowest BCUT2D eigenvalue weighted by molar-refractivity contribution is -0.274. The number of ether oxygens (including phenoxy) is 1. The van der Waals surface area contributed by atoms with Crippen LogP contribution in [0.25, 0.3) is 17.1 Å². The van der Waals surface area contributed by atoms with Crippen LogP contribution in [0.3, 0.4) is 0 Å². The Bertz CT molecular complexity index is 1460. The first-order valence-corrected chi connectivity index (χ1v) is 12.0. The van der Waals surface area contributed by atoms with Crippen LogP contribution in [0.5, 0.6) is 5.75 Å². The van der Waals surface area contributed by atoms with Gasteiger partial charge in [-0.3, -0.25) is 15.5 Å². The molecule has 0 aliphatic heterocycles. The van der Waals surface area contributed by atoms with Crippen molar-refractivity contribution in [1.29, 1.82) is 0 Å². The highest BCUT2D eigenvalue weighted by atomic mass is 32.1. The Morgan fingerprint density at radius 3 is 2.33 bits per heavy atom. The van der Waals surface area contributed by atoms with Crippen LogP contribution in [-0.2, 0) is 11.3 Å². The third-order valence-corrected chi connectivity index (χ3v) is 5.51. The molecule has 4 aromatic rings. The maximum absolute atomic E-state index is 12.5. The van der Waals surface area contributed by atoms with Crippen molar-refractivity contribution in [3.8, 4) is 22.8 Å². The molecule has 1 aromatic heterocycles. The first-order valence-electron chi connectivity index (χ1n) is 11.6. The van der Waals surface area contributed by atoms with Crippen molar-refractivity contribution in [2.45, 2.75) is 26.8 Å². The molecule has 1 heterocycles. The average Bonchev–Trinajstić information content (AvgIpc) is 3.28. The fraction of sp³-hybridized carbons (Fsp3) is 0.154. The van der Waals surface area contributed by atoms with E-state index in [0.717, 1.165) is 28.9 Å². The van der Waals surface area contributed by atoms with E-state index in [1.165, 1.54) is 23.7 Å². The van der Waals surface area contributed by atoms with Gasteiger partial charge in [0.25, 0.3) is 0 Å². The molecular formula is C26H24F3N7O2S. The quantitative estimate of drug-likeness (QED) is 0.176. The number of aryl methyl sites for hydroxylation is 1. The van der Waals surface area contributed by atoms with E-state index in [4.69, 9.17) is 12.2 Å². The van der Waals surface area contributed by atoms with Gasteiger partial charge in [0.1, 0.15) is 5.75 Å². The molecule has 0 spiro atoms. The predicted octanol–water partition coefficient (Wildman–Crippen LogP) is 5.09. The van der Waals surface area contributed by atoms with Gasteiger partial charge in [0.2, 0.25) is 11.9 Å². The Hall–Kier alpha value is -4.49. The van der Waals surface area contributed by atoms with Crippen LogP contribution in [0.15, 0.2) is 72.8 Å². The standard InChI is InChI=1S/C26H24F3N7O2S/c1-16-5-3-4-6-22(16)32-25(39)34-30-15-18-7-9-19(10-8-18)23-33-24(31-17(2)37)36(35-23)20-11-13-21(14-12-20)38-26(27,28)29/h3-14,30H,15H2,1-2H3,(H2,32,34,39)(H,31,33,35,37). The molecule has 0 bridgehead atoms. The highest BCUT2D eigenvalue weighted by molar-refractivity contribution is 7.80. The van der Waals surface area contributed by atoms with Gasteiger partial charge in [-0.2, -0.15) is 9.67 Å². The van der Waals surface area contributed by atoms with Gasteiger partial charge in [0.05, 0.1) is 5.69 Å². The van der Waals surface area contributed by atoms with Crippen molar-refractivity contribution in [1.82, 2.24) is 25.6 Å². The highest BCUT2D eigenvalue weighted by Gasteiger charge is 2.31. The van der Waals surface area contributed by atoms with E-state index in [2.05, 4.69) is 36.3 Å². The fourth-order valence-corrected chi connectivity index (χ4v) is 3.69. The summed E-state index contributed by atoms with van der Waals surface area (Å²) in [6.07, 6.45) is -4.80. The number of amides is 1. The van der Waals surface area contributed by atoms with Crippen molar-refractivity contribution < 1.29 is 22.7 Å². The molecule has 39 heavy (non-hydrogen) atoms. The molecule has 0 fully saturated rings. The van der Waals surface area contributed by atoms with Crippen molar-refractivity contribution >= 4 is 34.9 Å². The van der Waals surface area contributed by atoms with Crippen molar-refractivity contribution in [3.05, 3.63) is 83.9 Å². The summed E-state index contributed by atoms with van der Waals surface area (Å²) in [5, 5.41) is 10.6. The number of hydrazine groups is 1. The number of hydrogen-bond donors (Lipinski definition) is 4. The number of benzene rings is 3. The molecule has 9 nitrogen and oxygen atoms in total. The van der Waals surface area contributed by atoms with Crippen LogP contribution in [0.1, 0.15) is 18.1 Å². The highest BCUT2D eigenvalue weighted by Crippen LogP contribution is 2.26. The largest absolute Gasteiger partial charge is 0.573 e. The third kappa shape index (κ3) is 7.75. The summed E-state index contributed by atoms with van der Waals surface area (Å²) in [6.45, 7) is 3.78. The van der Waals surface area contributed by atoms with Gasteiger partial charge < -0.3 is 10.1 Å². The summed E-state index contributed by atoms with van der Waals surface area (Å²) >= 11 is 5.32. The summed E-state index contributed by atoms with van der Waals surface area (Å²) in [5.74, 6) is -0.323. The summed E-state index contributed by atoms with van der Waals surface area (Å²) in [6, 6.07) is 20.3. The van der Waals surface area contributed by atoms with Gasteiger partial charge in [-0.15, -0.1) is 18.3 Å². The summed E-state index contributed by atoms with van der Waals surface area (Å²) in [7, 11) is 0. The molecule has 0 saturated carbocycles. The number of carbonyl (C=O) groups is 1. The van der Waals surface area contributed by atoms with Crippen molar-refractivity contribution in [2.75, 3.05) is 10.6 Å². The Balaban J connectivity index is 1.42. The third-order valence-electron chi connectivity index (χ3n) is 5.31. The molecule has 1 amide bonds. The molecule has 0 radical (unpaired) electrons. The van der Waals surface area contributed by atoms with Gasteiger partial charge in [0.15, 0.2) is 10.9 Å². The predicted molar refractivity (Wildman–Crippen MR) is 145 cm³/mol. The second-order valence-electron chi connectivity index (χ2n) is 8.34. The Morgan fingerprint density at radius 1 is 1.00 bits per heavy atom. The molecule has 202 valence electrons. The van der Waals surface area contributed by atoms with Crippen LogP contribution in [0.2, 0.25) is 0 Å². The Labute approximate surface area is 227 Å². The number of aromatic nitrogens is 3. The number of rotatable bonds is 8. The van der Waals surface area contributed by atoms with Gasteiger partial charge in [0, 0.05) is 24.7 Å². The van der Waals surface area contributed by atoms with E-state index in [0.29, 0.717) is 28.7 Å². The van der Waals surface area contributed by atoms with Crippen LogP contribution in [0.4, 0.5) is 24.8 Å². The Morgan fingerprint density at radius 2 is 1.69 bits per heavy atom. The lowest BCUT2D eigenvalue weighted by Gasteiger charge is -2.13. The molecule has 13 heteroatoms. The summed E-state index contributed by atoms with van der Waals surface area (Å²) in [4.78, 5) is 16.1. The van der Waals surface area contributed by atoms with Crippen LogP contribution >= 0.6 is 12.2 Å². The van der Waals surface area contributed by atoms with Gasteiger partial charge in [-0.1, -0.05) is 42.5 Å². The summed E-state index contributed by atoms with van der Waals surface area (Å²) < 4.78 is 42.7. The molecule has 0 aliphatic rings. The number of para-hydroxylation sites is 1. The molecule has 4 N–H and O–H groups in total. The topological polar surface area (TPSA) is 105 Å². The van der Waals surface area contributed by atoms with E-state index in [-0.39, 0.29) is 17.6 Å². The lowest BCUT2D eigenvalue weighted by atomic mass is 10.1. The fourth-order valence-electron chi connectivity index (χ4n) is 3.51. The second kappa shape index (κ2) is 11.9. The zero-order chi connectivity index (χ0) is 28.0. The van der Waals surface area contributed by atoms with Crippen LogP contribution in [0, 0.1) is 6.92 Å². The number of nitrogens with zero attached hydrogens (tertiary/aromatic N) is 3. The van der Waals surface area contributed by atoms with Gasteiger partial charge in [-0.25, -0.2) is 5.43 Å². The number of thiocarbonyl (C=S) groups is 1. The minimum atomic E-state index is -4.80. The minimum absolute atomic E-state index is 0.117. The molecule has 0 unspecified atom stereocenters. The number of halogens is 3. The molecule has 0 atom stereocenters. The van der Waals surface area contributed by atoms with Crippen LogP contribution < -0.4 is 26.2 Å². The number of anilines is 2. The molecule has 0 aliphatic carbocycles.